The number of hydrogen-bond donors (Lipinski definition) is 0. The van der Waals surface area contributed by atoms with E-state index < -0.39 is 12.1 Å². The molecule has 1 atom stereocenters. The average Bonchev–Trinajstić information content (AvgIpc) is 3.32. The quantitative estimate of drug-likeness (QED) is 0.267. The first-order valence-electron chi connectivity index (χ1n) is 10.9. The van der Waals surface area contributed by atoms with E-state index in [-0.39, 0.29) is 11.4 Å². The second kappa shape index (κ2) is 9.26. The van der Waals surface area contributed by atoms with Crippen LogP contribution < -0.4 is 10.3 Å². The highest BCUT2D eigenvalue weighted by Crippen LogP contribution is 2.27. The Bertz CT molecular complexity index is 1600. The van der Waals surface area contributed by atoms with Crippen LogP contribution in [0.5, 0.6) is 5.75 Å². The lowest BCUT2D eigenvalue weighted by atomic mass is 10.2. The van der Waals surface area contributed by atoms with Gasteiger partial charge in [-0.15, -0.1) is 0 Å². The molecule has 0 N–H and O–H groups in total. The summed E-state index contributed by atoms with van der Waals surface area (Å²) in [5, 5.41) is 5.78. The Morgan fingerprint density at radius 1 is 1.06 bits per heavy atom. The molecule has 35 heavy (non-hydrogen) atoms. The number of nitrogens with zero attached hydrogens (tertiary/aromatic N) is 3. The number of furan rings is 1. The Morgan fingerprint density at radius 3 is 2.63 bits per heavy atom. The molecular weight excluding hydrogens is 446 g/mol. The van der Waals surface area contributed by atoms with E-state index in [1.54, 1.807) is 49.4 Å². The van der Waals surface area contributed by atoms with Gasteiger partial charge in [-0.2, -0.15) is 9.78 Å². The highest BCUT2D eigenvalue weighted by Gasteiger charge is 2.18. The van der Waals surface area contributed by atoms with E-state index in [0.29, 0.717) is 33.6 Å². The molecule has 0 aliphatic carbocycles. The predicted molar refractivity (Wildman–Crippen MR) is 133 cm³/mol. The van der Waals surface area contributed by atoms with E-state index in [1.807, 2.05) is 36.4 Å². The van der Waals surface area contributed by atoms with Crippen molar-refractivity contribution in [3.05, 3.63) is 94.8 Å². The lowest BCUT2D eigenvalue weighted by molar-refractivity contribution is -0.147. The number of carbonyl (C=O) groups is 1. The fourth-order valence-corrected chi connectivity index (χ4v) is 3.70. The van der Waals surface area contributed by atoms with Crippen LogP contribution in [-0.4, -0.2) is 35.1 Å². The number of methoxy groups -OCH3 is 1. The zero-order valence-electron chi connectivity index (χ0n) is 19.0. The molecule has 3 aromatic carbocycles. The van der Waals surface area contributed by atoms with Crippen LogP contribution in [0.4, 0.5) is 0 Å². The molecule has 0 fully saturated rings. The maximum atomic E-state index is 13.4. The summed E-state index contributed by atoms with van der Waals surface area (Å²) in [6, 6.07) is 23.5. The molecule has 0 amide bonds. The van der Waals surface area contributed by atoms with Gasteiger partial charge in [0.25, 0.3) is 5.56 Å². The van der Waals surface area contributed by atoms with Crippen LogP contribution in [0.25, 0.3) is 33.5 Å². The highest BCUT2D eigenvalue weighted by molar-refractivity contribution is 5.86. The number of rotatable bonds is 6. The summed E-state index contributed by atoms with van der Waals surface area (Å²) >= 11 is 0. The van der Waals surface area contributed by atoms with Gasteiger partial charge < -0.3 is 13.9 Å². The average molecular weight is 467 g/mol. The fraction of sp³-hybridized carbons (Fsp3) is 0.111. The van der Waals surface area contributed by atoms with Gasteiger partial charge in [0.05, 0.1) is 24.2 Å². The Labute approximate surface area is 200 Å². The summed E-state index contributed by atoms with van der Waals surface area (Å²) in [6.07, 6.45) is 0.675. The minimum absolute atomic E-state index is 0.266. The van der Waals surface area contributed by atoms with Crippen molar-refractivity contribution in [1.29, 1.82) is 0 Å². The smallest absolute Gasteiger partial charge is 0.346 e. The highest BCUT2D eigenvalue weighted by atomic mass is 16.6. The topological polar surface area (TPSA) is 95.9 Å². The third-order valence-electron chi connectivity index (χ3n) is 5.47. The molecule has 0 saturated carbocycles. The molecule has 0 unspecified atom stereocenters. The molecule has 0 saturated heterocycles. The molecule has 0 aliphatic rings. The summed E-state index contributed by atoms with van der Waals surface area (Å²) < 4.78 is 17.7. The Morgan fingerprint density at radius 2 is 1.80 bits per heavy atom. The summed E-state index contributed by atoms with van der Waals surface area (Å²) in [5.41, 5.74) is 1.44. The fourth-order valence-electron chi connectivity index (χ4n) is 3.70. The summed E-state index contributed by atoms with van der Waals surface area (Å²) in [5.74, 6) is 0.595. The molecule has 2 heterocycles. The molecule has 174 valence electrons. The monoisotopic (exact) mass is 467 g/mol. The maximum absolute atomic E-state index is 13.4. The Balaban J connectivity index is 1.63. The van der Waals surface area contributed by atoms with Gasteiger partial charge in [-0.3, -0.25) is 4.79 Å². The number of ether oxygens (including phenoxy) is 2. The SMILES string of the molecule is COC(=O)[C@@H](C)Oc1ccccc1C=Nn1c(-c2cc3ccccc3o2)nc2ccccc2c1=O. The van der Waals surface area contributed by atoms with Gasteiger partial charge >= 0.3 is 5.97 Å². The molecule has 0 bridgehead atoms. The third-order valence-corrected chi connectivity index (χ3v) is 5.47. The second-order valence-corrected chi connectivity index (χ2v) is 7.78. The van der Waals surface area contributed by atoms with Gasteiger partial charge in [-0.05, 0) is 43.3 Å². The number of carbonyl (C=O) groups excluding carboxylic acids is 1. The van der Waals surface area contributed by atoms with Crippen LogP contribution in [0.15, 0.2) is 93.2 Å². The van der Waals surface area contributed by atoms with Crippen molar-refractivity contribution in [3.8, 4) is 17.3 Å². The van der Waals surface area contributed by atoms with Crippen molar-refractivity contribution in [2.24, 2.45) is 5.10 Å². The van der Waals surface area contributed by atoms with Crippen LogP contribution >= 0.6 is 0 Å². The number of esters is 1. The maximum Gasteiger partial charge on any atom is 0.346 e. The number of benzene rings is 3. The molecule has 5 rings (SSSR count). The van der Waals surface area contributed by atoms with Gasteiger partial charge in [0.2, 0.25) is 5.82 Å². The van der Waals surface area contributed by atoms with Crippen LogP contribution in [0.3, 0.4) is 0 Å². The van der Waals surface area contributed by atoms with Gasteiger partial charge in [0.15, 0.2) is 11.9 Å². The van der Waals surface area contributed by atoms with E-state index in [2.05, 4.69) is 10.1 Å². The predicted octanol–water partition coefficient (Wildman–Crippen LogP) is 4.63. The van der Waals surface area contributed by atoms with E-state index >= 15 is 0 Å². The van der Waals surface area contributed by atoms with Gasteiger partial charge in [-0.25, -0.2) is 9.78 Å². The van der Waals surface area contributed by atoms with Crippen LogP contribution in [0, 0.1) is 0 Å². The molecule has 8 nitrogen and oxygen atoms in total. The zero-order chi connectivity index (χ0) is 24.4. The molecule has 5 aromatic rings. The number of para-hydroxylation sites is 3. The molecule has 8 heteroatoms. The van der Waals surface area contributed by atoms with Crippen molar-refractivity contribution >= 4 is 34.1 Å². The first-order chi connectivity index (χ1) is 17.0. The Kier molecular flexibility index (Phi) is 5.85. The lowest BCUT2D eigenvalue weighted by Gasteiger charge is -2.14. The van der Waals surface area contributed by atoms with Gasteiger partial charge in [0, 0.05) is 10.9 Å². The summed E-state index contributed by atoms with van der Waals surface area (Å²) in [6.45, 7) is 1.59. The largest absolute Gasteiger partial charge is 0.478 e. The van der Waals surface area contributed by atoms with Gasteiger partial charge in [0.1, 0.15) is 11.3 Å². The molecule has 2 aromatic heterocycles. The number of hydrogen-bond acceptors (Lipinski definition) is 7. The first-order valence-corrected chi connectivity index (χ1v) is 10.9. The molecular formula is C27H21N3O5. The van der Waals surface area contributed by atoms with Crippen molar-refractivity contribution < 1.29 is 18.7 Å². The first kappa shape index (κ1) is 22.1. The molecule has 0 spiro atoms. The van der Waals surface area contributed by atoms with E-state index in [0.717, 1.165) is 5.39 Å². The van der Waals surface area contributed by atoms with E-state index in [9.17, 15) is 9.59 Å². The van der Waals surface area contributed by atoms with Crippen molar-refractivity contribution in [2.45, 2.75) is 13.0 Å². The van der Waals surface area contributed by atoms with Crippen LogP contribution in [0.1, 0.15) is 12.5 Å². The number of fused-ring (bicyclic) bond motifs is 2. The van der Waals surface area contributed by atoms with Crippen molar-refractivity contribution in [1.82, 2.24) is 9.66 Å². The van der Waals surface area contributed by atoms with Crippen LogP contribution in [0.2, 0.25) is 0 Å². The normalized spacial score (nSPS) is 12.3. The zero-order valence-corrected chi connectivity index (χ0v) is 19.0. The standard InChI is InChI=1S/C27H21N3O5/c1-17(27(32)33-2)34-23-14-8-4-10-19(23)16-28-30-25(24-15-18-9-3-7-13-22(18)35-24)29-21-12-6-5-11-20(21)26(30)31/h3-17H,1-2H3/t17-/m1/s1. The minimum atomic E-state index is -0.814. The Hall–Kier alpha value is -4.72. The van der Waals surface area contributed by atoms with E-state index in [1.165, 1.54) is 18.0 Å². The third kappa shape index (κ3) is 4.29. The number of aromatic nitrogens is 2. The van der Waals surface area contributed by atoms with Gasteiger partial charge in [-0.1, -0.05) is 42.5 Å². The van der Waals surface area contributed by atoms with E-state index in [4.69, 9.17) is 13.9 Å². The lowest BCUT2D eigenvalue weighted by Crippen LogP contribution is -2.25. The summed E-state index contributed by atoms with van der Waals surface area (Å²) in [7, 11) is 1.30. The van der Waals surface area contributed by atoms with Crippen molar-refractivity contribution in [2.75, 3.05) is 7.11 Å². The van der Waals surface area contributed by atoms with Crippen LogP contribution in [-0.2, 0) is 9.53 Å². The minimum Gasteiger partial charge on any atom is -0.478 e. The second-order valence-electron chi connectivity index (χ2n) is 7.78. The summed E-state index contributed by atoms with van der Waals surface area (Å²) in [4.78, 5) is 29.9. The van der Waals surface area contributed by atoms with Crippen molar-refractivity contribution in [3.63, 3.8) is 0 Å². The molecule has 0 aliphatic heterocycles. The molecule has 0 radical (unpaired) electrons.